The van der Waals surface area contributed by atoms with E-state index in [1.54, 1.807) is 14.2 Å². The van der Waals surface area contributed by atoms with Gasteiger partial charge in [0.25, 0.3) is 0 Å². The van der Waals surface area contributed by atoms with Crippen molar-refractivity contribution in [3.8, 4) is 11.5 Å². The summed E-state index contributed by atoms with van der Waals surface area (Å²) in [6, 6.07) is 6.95. The number of ether oxygens (including phenoxy) is 2. The molecule has 2 aliphatic rings. The Morgan fingerprint density at radius 1 is 1.00 bits per heavy atom. The average molecular weight is 539 g/mol. The van der Waals surface area contributed by atoms with Crippen molar-refractivity contribution in [2.24, 2.45) is 5.73 Å². The molecular formula is C25H37Cl2N7O2. The zero-order valence-electron chi connectivity index (χ0n) is 20.9. The van der Waals surface area contributed by atoms with Gasteiger partial charge >= 0.3 is 0 Å². The zero-order chi connectivity index (χ0) is 23.5. The molecule has 0 saturated heterocycles. The van der Waals surface area contributed by atoms with E-state index in [2.05, 4.69) is 20.2 Å². The standard InChI is InChI=1S/C25H35N7O2.2ClH/c1-33-20-12-7-16(22(13-20)34-2)14-28-25-30-21-15-27-24(29-18-10-8-17(26)9-11-18)31-23(21)32(25)19-5-3-4-6-19;;/h7,12-13,15,17-19H,3-6,8-11,14,26H2,1-2H3,(H,28,30)(H,27,29,31);2*1H/t17-,18-;;. The van der Waals surface area contributed by atoms with Crippen molar-refractivity contribution in [3.63, 3.8) is 0 Å². The van der Waals surface area contributed by atoms with E-state index in [-0.39, 0.29) is 24.8 Å². The minimum atomic E-state index is 0. The second-order valence-electron chi connectivity index (χ2n) is 9.43. The van der Waals surface area contributed by atoms with Gasteiger partial charge in [-0.25, -0.2) is 9.97 Å². The number of aromatic nitrogens is 4. The summed E-state index contributed by atoms with van der Waals surface area (Å²) in [5.74, 6) is 3.06. The highest BCUT2D eigenvalue weighted by atomic mass is 35.5. The summed E-state index contributed by atoms with van der Waals surface area (Å²) >= 11 is 0. The summed E-state index contributed by atoms with van der Waals surface area (Å²) in [5.41, 5.74) is 8.81. The van der Waals surface area contributed by atoms with E-state index >= 15 is 0 Å². The summed E-state index contributed by atoms with van der Waals surface area (Å²) in [4.78, 5) is 14.4. The number of rotatable bonds is 8. The van der Waals surface area contributed by atoms with Crippen molar-refractivity contribution in [1.29, 1.82) is 0 Å². The van der Waals surface area contributed by atoms with Gasteiger partial charge in [0.05, 0.1) is 20.4 Å². The largest absolute Gasteiger partial charge is 0.497 e. The van der Waals surface area contributed by atoms with Gasteiger partial charge in [-0.3, -0.25) is 4.57 Å². The molecule has 36 heavy (non-hydrogen) atoms. The van der Waals surface area contributed by atoms with Crippen LogP contribution in [0, 0.1) is 0 Å². The number of hydrogen-bond donors (Lipinski definition) is 3. The third-order valence-electron chi connectivity index (χ3n) is 7.16. The topological polar surface area (TPSA) is 112 Å². The first-order chi connectivity index (χ1) is 16.6. The van der Waals surface area contributed by atoms with Crippen LogP contribution in [0.3, 0.4) is 0 Å². The molecule has 0 radical (unpaired) electrons. The van der Waals surface area contributed by atoms with Crippen molar-refractivity contribution in [3.05, 3.63) is 30.0 Å². The maximum atomic E-state index is 6.07. The van der Waals surface area contributed by atoms with Gasteiger partial charge < -0.3 is 25.8 Å². The molecule has 198 valence electrons. The lowest BCUT2D eigenvalue weighted by molar-refractivity contribution is 0.391. The molecule has 4 N–H and O–H groups in total. The molecule has 1 aromatic carbocycles. The number of anilines is 2. The molecule has 2 aliphatic carbocycles. The lowest BCUT2D eigenvalue weighted by atomic mass is 9.92. The normalized spacial score (nSPS) is 19.9. The van der Waals surface area contributed by atoms with Crippen LogP contribution in [0.4, 0.5) is 11.9 Å². The molecule has 0 bridgehead atoms. The Morgan fingerprint density at radius 2 is 1.75 bits per heavy atom. The third kappa shape index (κ3) is 6.07. The van der Waals surface area contributed by atoms with E-state index in [9.17, 15) is 0 Å². The molecule has 2 saturated carbocycles. The van der Waals surface area contributed by atoms with E-state index in [0.29, 0.717) is 30.6 Å². The molecule has 11 heteroatoms. The van der Waals surface area contributed by atoms with Crippen LogP contribution in [-0.4, -0.2) is 45.8 Å². The maximum absolute atomic E-state index is 6.07. The Hall–Kier alpha value is -2.49. The number of nitrogens with two attached hydrogens (primary N) is 1. The van der Waals surface area contributed by atoms with Crippen molar-refractivity contribution in [1.82, 2.24) is 19.5 Å². The van der Waals surface area contributed by atoms with Gasteiger partial charge in [0.1, 0.15) is 17.0 Å². The Morgan fingerprint density at radius 3 is 2.44 bits per heavy atom. The highest BCUT2D eigenvalue weighted by Crippen LogP contribution is 2.35. The number of methoxy groups -OCH3 is 2. The molecule has 2 aromatic heterocycles. The summed E-state index contributed by atoms with van der Waals surface area (Å²) in [6.45, 7) is 0.587. The predicted molar refractivity (Wildman–Crippen MR) is 148 cm³/mol. The molecule has 0 spiro atoms. The fourth-order valence-electron chi connectivity index (χ4n) is 5.21. The van der Waals surface area contributed by atoms with Crippen LogP contribution in [-0.2, 0) is 6.54 Å². The average Bonchev–Trinajstić information content (AvgIpc) is 3.51. The van der Waals surface area contributed by atoms with E-state index in [1.807, 2.05) is 24.4 Å². The number of benzene rings is 1. The minimum absolute atomic E-state index is 0. The van der Waals surface area contributed by atoms with E-state index in [0.717, 1.165) is 72.7 Å². The number of nitrogens with one attached hydrogen (secondary N) is 2. The summed E-state index contributed by atoms with van der Waals surface area (Å²) in [6.07, 6.45) is 10.8. The van der Waals surface area contributed by atoms with E-state index < -0.39 is 0 Å². The highest BCUT2D eigenvalue weighted by Gasteiger charge is 2.25. The smallest absolute Gasteiger partial charge is 0.224 e. The van der Waals surface area contributed by atoms with Gasteiger partial charge in [-0.15, -0.1) is 24.8 Å². The number of hydrogen-bond acceptors (Lipinski definition) is 8. The van der Waals surface area contributed by atoms with Crippen LogP contribution in [0.2, 0.25) is 0 Å². The van der Waals surface area contributed by atoms with Gasteiger partial charge in [-0.2, -0.15) is 4.98 Å². The summed E-state index contributed by atoms with van der Waals surface area (Å²) in [5, 5.41) is 7.08. The van der Waals surface area contributed by atoms with Crippen LogP contribution in [0.25, 0.3) is 11.2 Å². The van der Waals surface area contributed by atoms with Crippen molar-refractivity contribution < 1.29 is 9.47 Å². The Bertz CT molecular complexity index is 1130. The van der Waals surface area contributed by atoms with Gasteiger partial charge in [0, 0.05) is 36.3 Å². The third-order valence-corrected chi connectivity index (χ3v) is 7.16. The van der Waals surface area contributed by atoms with Gasteiger partial charge in [0.2, 0.25) is 11.9 Å². The Balaban J connectivity index is 0.00000180. The molecule has 9 nitrogen and oxygen atoms in total. The first-order valence-corrected chi connectivity index (χ1v) is 12.4. The molecule has 0 atom stereocenters. The number of nitrogens with zero attached hydrogens (tertiary/aromatic N) is 4. The summed E-state index contributed by atoms with van der Waals surface area (Å²) in [7, 11) is 3.33. The SMILES string of the molecule is COc1ccc(CNc2nc3cnc(N[C@H]4CC[C@H](N)CC4)nc3n2C2CCCC2)c(OC)c1.Cl.Cl. The maximum Gasteiger partial charge on any atom is 0.224 e. The second kappa shape index (κ2) is 12.7. The van der Waals surface area contributed by atoms with Gasteiger partial charge in [-0.1, -0.05) is 12.8 Å². The number of fused-ring (bicyclic) bond motifs is 1. The van der Waals surface area contributed by atoms with Crippen LogP contribution >= 0.6 is 24.8 Å². The molecule has 2 fully saturated rings. The zero-order valence-corrected chi connectivity index (χ0v) is 22.5. The van der Waals surface area contributed by atoms with Gasteiger partial charge in [0.15, 0.2) is 5.65 Å². The molecule has 0 aliphatic heterocycles. The van der Waals surface area contributed by atoms with Crippen LogP contribution in [0.1, 0.15) is 63.0 Å². The fourth-order valence-corrected chi connectivity index (χ4v) is 5.21. The fraction of sp³-hybridized carbons (Fsp3) is 0.560. The first kappa shape index (κ1) is 28.1. The highest BCUT2D eigenvalue weighted by molar-refractivity contribution is 5.85. The molecule has 5 rings (SSSR count). The lowest BCUT2D eigenvalue weighted by Crippen LogP contribution is -2.33. The van der Waals surface area contributed by atoms with Crippen LogP contribution in [0.5, 0.6) is 11.5 Å². The predicted octanol–water partition coefficient (Wildman–Crippen LogP) is 5.10. The lowest BCUT2D eigenvalue weighted by Gasteiger charge is -2.26. The van der Waals surface area contributed by atoms with Crippen molar-refractivity contribution in [2.75, 3.05) is 24.9 Å². The molecule has 0 amide bonds. The monoisotopic (exact) mass is 537 g/mol. The number of halogens is 2. The Kier molecular flexibility index (Phi) is 9.87. The molecular weight excluding hydrogens is 501 g/mol. The molecule has 3 aromatic rings. The summed E-state index contributed by atoms with van der Waals surface area (Å²) < 4.78 is 13.2. The van der Waals surface area contributed by atoms with Gasteiger partial charge in [-0.05, 0) is 50.7 Å². The van der Waals surface area contributed by atoms with E-state index in [4.69, 9.17) is 25.2 Å². The molecule has 2 heterocycles. The van der Waals surface area contributed by atoms with E-state index in [1.165, 1.54) is 12.8 Å². The first-order valence-electron chi connectivity index (χ1n) is 12.4. The quantitative estimate of drug-likeness (QED) is 0.364. The van der Waals surface area contributed by atoms with Crippen molar-refractivity contribution in [2.45, 2.75) is 76.0 Å². The second-order valence-corrected chi connectivity index (χ2v) is 9.43. The van der Waals surface area contributed by atoms with Crippen molar-refractivity contribution >= 4 is 47.9 Å². The Labute approximate surface area is 224 Å². The number of imidazole rings is 1. The molecule has 0 unspecified atom stereocenters. The van der Waals surface area contributed by atoms with Crippen LogP contribution < -0.4 is 25.8 Å². The van der Waals surface area contributed by atoms with Crippen LogP contribution in [0.15, 0.2) is 24.4 Å². The minimum Gasteiger partial charge on any atom is -0.497 e.